The molecule has 2 atom stereocenters. The standard InChI is InChI=1S/C15H24N4O/c20-14-4-2-1-3-13(14)19-9-5-12(6-10-19)18-15-11-16-7-8-17-15/h7-8,11-14,20H,1-6,9-10H2,(H,17,18). The van der Waals surface area contributed by atoms with Crippen molar-refractivity contribution in [3.05, 3.63) is 18.6 Å². The number of anilines is 1. The van der Waals surface area contributed by atoms with Gasteiger partial charge in [-0.1, -0.05) is 12.8 Å². The van der Waals surface area contributed by atoms with Gasteiger partial charge in [0.15, 0.2) is 0 Å². The first-order valence-corrected chi connectivity index (χ1v) is 7.77. The van der Waals surface area contributed by atoms with Crippen LogP contribution in [-0.2, 0) is 0 Å². The second-order valence-corrected chi connectivity index (χ2v) is 5.96. The molecular weight excluding hydrogens is 252 g/mol. The van der Waals surface area contributed by atoms with Crippen LogP contribution in [0.1, 0.15) is 38.5 Å². The lowest BCUT2D eigenvalue weighted by atomic mass is 9.89. The lowest BCUT2D eigenvalue weighted by molar-refractivity contribution is 0.00992. The number of aliphatic hydroxyl groups excluding tert-OH is 1. The van der Waals surface area contributed by atoms with Crippen LogP contribution in [0.4, 0.5) is 5.82 Å². The van der Waals surface area contributed by atoms with Crippen LogP contribution in [0.5, 0.6) is 0 Å². The van der Waals surface area contributed by atoms with Gasteiger partial charge in [0.05, 0.1) is 12.3 Å². The Morgan fingerprint density at radius 2 is 1.90 bits per heavy atom. The van der Waals surface area contributed by atoms with Crippen molar-refractivity contribution in [1.29, 1.82) is 0 Å². The lowest BCUT2D eigenvalue weighted by Gasteiger charge is -2.41. The minimum Gasteiger partial charge on any atom is -0.391 e. The van der Waals surface area contributed by atoms with Crippen LogP contribution in [0.3, 0.4) is 0 Å². The first kappa shape index (κ1) is 13.8. The van der Waals surface area contributed by atoms with E-state index in [4.69, 9.17) is 0 Å². The SMILES string of the molecule is OC1CCCCC1N1CCC(Nc2cnccn2)CC1. The Labute approximate surface area is 120 Å². The van der Waals surface area contributed by atoms with Crippen LogP contribution >= 0.6 is 0 Å². The number of hydrogen-bond acceptors (Lipinski definition) is 5. The summed E-state index contributed by atoms with van der Waals surface area (Å²) >= 11 is 0. The maximum Gasteiger partial charge on any atom is 0.144 e. The number of aliphatic hydroxyl groups is 1. The van der Waals surface area contributed by atoms with Crippen molar-refractivity contribution in [2.45, 2.75) is 56.7 Å². The number of likely N-dealkylation sites (tertiary alicyclic amines) is 1. The van der Waals surface area contributed by atoms with Gasteiger partial charge < -0.3 is 10.4 Å². The molecule has 1 saturated carbocycles. The fourth-order valence-electron chi connectivity index (χ4n) is 3.48. The van der Waals surface area contributed by atoms with E-state index in [1.807, 2.05) is 0 Å². The van der Waals surface area contributed by atoms with Crippen molar-refractivity contribution >= 4 is 5.82 Å². The van der Waals surface area contributed by atoms with Crippen molar-refractivity contribution < 1.29 is 5.11 Å². The Bertz CT molecular complexity index is 406. The summed E-state index contributed by atoms with van der Waals surface area (Å²) in [6.45, 7) is 2.14. The fraction of sp³-hybridized carbons (Fsp3) is 0.733. The van der Waals surface area contributed by atoms with E-state index in [1.165, 1.54) is 12.8 Å². The Balaban J connectivity index is 1.49. The van der Waals surface area contributed by atoms with E-state index < -0.39 is 0 Å². The average molecular weight is 276 g/mol. The van der Waals surface area contributed by atoms with E-state index in [2.05, 4.69) is 20.2 Å². The molecule has 2 fully saturated rings. The minimum absolute atomic E-state index is 0.117. The van der Waals surface area contributed by atoms with Crippen molar-refractivity contribution in [3.8, 4) is 0 Å². The van der Waals surface area contributed by atoms with Gasteiger partial charge in [0.2, 0.25) is 0 Å². The van der Waals surface area contributed by atoms with Gasteiger partial charge in [-0.2, -0.15) is 0 Å². The Morgan fingerprint density at radius 1 is 1.10 bits per heavy atom. The molecule has 3 rings (SSSR count). The van der Waals surface area contributed by atoms with Crippen LogP contribution in [0, 0.1) is 0 Å². The highest BCUT2D eigenvalue weighted by Gasteiger charge is 2.31. The third-order valence-electron chi connectivity index (χ3n) is 4.61. The molecule has 20 heavy (non-hydrogen) atoms. The minimum atomic E-state index is -0.117. The van der Waals surface area contributed by atoms with Crippen LogP contribution in [0.15, 0.2) is 18.6 Å². The predicted molar refractivity (Wildman–Crippen MR) is 78.5 cm³/mol. The number of piperidine rings is 1. The van der Waals surface area contributed by atoms with Gasteiger partial charge in [0.25, 0.3) is 0 Å². The molecule has 0 bridgehead atoms. The highest BCUT2D eigenvalue weighted by molar-refractivity contribution is 5.31. The molecule has 0 radical (unpaired) electrons. The summed E-state index contributed by atoms with van der Waals surface area (Å²) in [5.41, 5.74) is 0. The molecule has 1 aliphatic heterocycles. The van der Waals surface area contributed by atoms with Crippen molar-refractivity contribution in [2.75, 3.05) is 18.4 Å². The summed E-state index contributed by atoms with van der Waals surface area (Å²) in [6, 6.07) is 0.866. The van der Waals surface area contributed by atoms with Gasteiger partial charge in [-0.15, -0.1) is 0 Å². The quantitative estimate of drug-likeness (QED) is 0.879. The van der Waals surface area contributed by atoms with E-state index in [9.17, 15) is 5.11 Å². The zero-order valence-corrected chi connectivity index (χ0v) is 11.9. The molecule has 1 saturated heterocycles. The Hall–Kier alpha value is -1.20. The Kier molecular flexibility index (Phi) is 4.47. The molecule has 0 spiro atoms. The number of rotatable bonds is 3. The Morgan fingerprint density at radius 3 is 2.60 bits per heavy atom. The van der Waals surface area contributed by atoms with Crippen LogP contribution in [-0.4, -0.2) is 51.3 Å². The van der Waals surface area contributed by atoms with Gasteiger partial charge >= 0.3 is 0 Å². The number of aromatic nitrogens is 2. The smallest absolute Gasteiger partial charge is 0.144 e. The number of nitrogens with one attached hydrogen (secondary N) is 1. The lowest BCUT2D eigenvalue weighted by Crippen LogP contribution is -2.50. The largest absolute Gasteiger partial charge is 0.391 e. The number of nitrogens with zero attached hydrogens (tertiary/aromatic N) is 3. The van der Waals surface area contributed by atoms with Crippen LogP contribution in [0.2, 0.25) is 0 Å². The molecule has 5 nitrogen and oxygen atoms in total. The van der Waals surface area contributed by atoms with Gasteiger partial charge in [-0.05, 0) is 25.7 Å². The average Bonchev–Trinajstić information content (AvgIpc) is 2.50. The van der Waals surface area contributed by atoms with Gasteiger partial charge in [-0.25, -0.2) is 4.98 Å². The summed E-state index contributed by atoms with van der Waals surface area (Å²) in [5.74, 6) is 0.864. The maximum atomic E-state index is 10.1. The van der Waals surface area contributed by atoms with Crippen LogP contribution in [0.25, 0.3) is 0 Å². The summed E-state index contributed by atoms with van der Waals surface area (Å²) in [7, 11) is 0. The highest BCUT2D eigenvalue weighted by Crippen LogP contribution is 2.26. The molecule has 1 aliphatic carbocycles. The summed E-state index contributed by atoms with van der Waals surface area (Å²) in [5, 5.41) is 13.6. The summed E-state index contributed by atoms with van der Waals surface area (Å²) in [4.78, 5) is 10.8. The molecule has 2 unspecified atom stereocenters. The molecule has 110 valence electrons. The molecule has 5 heteroatoms. The second-order valence-electron chi connectivity index (χ2n) is 5.96. The second kappa shape index (κ2) is 6.50. The van der Waals surface area contributed by atoms with Crippen molar-refractivity contribution in [2.24, 2.45) is 0 Å². The van der Waals surface area contributed by atoms with E-state index in [0.29, 0.717) is 12.1 Å². The summed E-state index contributed by atoms with van der Waals surface area (Å²) in [6.07, 6.45) is 11.9. The molecule has 2 N–H and O–H groups in total. The normalized spacial score (nSPS) is 29.2. The molecule has 1 aromatic heterocycles. The molecule has 1 aromatic rings. The van der Waals surface area contributed by atoms with E-state index >= 15 is 0 Å². The fourth-order valence-corrected chi connectivity index (χ4v) is 3.48. The van der Waals surface area contributed by atoms with Gasteiger partial charge in [0.1, 0.15) is 5.82 Å². The van der Waals surface area contributed by atoms with Gasteiger partial charge in [0, 0.05) is 37.6 Å². The third kappa shape index (κ3) is 3.27. The summed E-state index contributed by atoms with van der Waals surface area (Å²) < 4.78 is 0. The van der Waals surface area contributed by atoms with E-state index in [-0.39, 0.29) is 6.10 Å². The molecular formula is C15H24N4O. The van der Waals surface area contributed by atoms with E-state index in [0.717, 1.165) is 44.6 Å². The monoisotopic (exact) mass is 276 g/mol. The topological polar surface area (TPSA) is 61.3 Å². The molecule has 2 heterocycles. The first-order chi connectivity index (χ1) is 9.83. The zero-order valence-electron chi connectivity index (χ0n) is 11.9. The molecule has 2 aliphatic rings. The van der Waals surface area contributed by atoms with Crippen LogP contribution < -0.4 is 5.32 Å². The van der Waals surface area contributed by atoms with Crippen molar-refractivity contribution in [1.82, 2.24) is 14.9 Å². The number of hydrogen-bond donors (Lipinski definition) is 2. The highest BCUT2D eigenvalue weighted by atomic mass is 16.3. The zero-order chi connectivity index (χ0) is 13.8. The molecule has 0 aromatic carbocycles. The van der Waals surface area contributed by atoms with Crippen molar-refractivity contribution in [3.63, 3.8) is 0 Å². The third-order valence-corrected chi connectivity index (χ3v) is 4.61. The predicted octanol–water partition coefficient (Wildman–Crippen LogP) is 1.66. The maximum absolute atomic E-state index is 10.1. The first-order valence-electron chi connectivity index (χ1n) is 7.77. The van der Waals surface area contributed by atoms with E-state index in [1.54, 1.807) is 18.6 Å². The molecule has 0 amide bonds. The van der Waals surface area contributed by atoms with Gasteiger partial charge in [-0.3, -0.25) is 9.88 Å².